The molecule has 1 unspecified atom stereocenters. The molecular weight excluding hydrogens is 256 g/mol. The minimum absolute atomic E-state index is 0.201. The van der Waals surface area contributed by atoms with Gasteiger partial charge in [0.15, 0.2) is 0 Å². The van der Waals surface area contributed by atoms with Crippen LogP contribution in [0.15, 0.2) is 29.9 Å². The highest BCUT2D eigenvalue weighted by Gasteiger charge is 2.26. The van der Waals surface area contributed by atoms with Crippen molar-refractivity contribution >= 4 is 22.4 Å². The summed E-state index contributed by atoms with van der Waals surface area (Å²) in [4.78, 5) is 10.4. The molecule has 96 valence electrons. The van der Waals surface area contributed by atoms with E-state index in [2.05, 4.69) is 33.4 Å². The normalized spacial score (nSPS) is 18.7. The van der Waals surface area contributed by atoms with E-state index in [4.69, 9.17) is 4.98 Å². The molecule has 0 saturated carbocycles. The number of hydrogen-bond donors (Lipinski definition) is 1. The number of rotatable bonds is 1. The van der Waals surface area contributed by atoms with Gasteiger partial charge in [0.25, 0.3) is 0 Å². The van der Waals surface area contributed by atoms with E-state index >= 15 is 0 Å². The van der Waals surface area contributed by atoms with Crippen LogP contribution in [0.4, 0.5) is 0 Å². The van der Waals surface area contributed by atoms with Crippen molar-refractivity contribution in [2.45, 2.75) is 12.5 Å². The highest BCUT2D eigenvalue weighted by atomic mass is 32.1. The van der Waals surface area contributed by atoms with Crippen LogP contribution in [-0.4, -0.2) is 21.1 Å². The fourth-order valence-electron chi connectivity index (χ4n) is 2.79. The Morgan fingerprint density at radius 2 is 2.37 bits per heavy atom. The number of fused-ring (bicyclic) bond motifs is 2. The van der Waals surface area contributed by atoms with E-state index in [0.717, 1.165) is 29.8 Å². The molecule has 4 heterocycles. The summed E-state index contributed by atoms with van der Waals surface area (Å²) >= 11 is 1.85. The Labute approximate surface area is 115 Å². The maximum Gasteiger partial charge on any atom is 0.131 e. The third kappa shape index (κ3) is 1.62. The number of hydrogen-bond acceptors (Lipinski definition) is 4. The molecule has 0 aliphatic carbocycles. The van der Waals surface area contributed by atoms with Crippen molar-refractivity contribution in [2.75, 3.05) is 6.54 Å². The lowest BCUT2D eigenvalue weighted by atomic mass is 10.0. The first-order valence-electron chi connectivity index (χ1n) is 6.40. The third-order valence-electron chi connectivity index (χ3n) is 3.77. The second-order valence-electron chi connectivity index (χ2n) is 4.83. The lowest BCUT2D eigenvalue weighted by molar-refractivity contribution is 0.538. The SMILES string of the molecule is Cn1c(C2NCCc3sccc32)nc2ccncc21. The van der Waals surface area contributed by atoms with Crippen molar-refractivity contribution in [3.63, 3.8) is 0 Å². The van der Waals surface area contributed by atoms with Gasteiger partial charge in [-0.2, -0.15) is 0 Å². The predicted molar refractivity (Wildman–Crippen MR) is 76.4 cm³/mol. The monoisotopic (exact) mass is 270 g/mol. The molecule has 1 N–H and O–H groups in total. The Bertz CT molecular complexity index is 743. The average molecular weight is 270 g/mol. The van der Waals surface area contributed by atoms with E-state index < -0.39 is 0 Å². The zero-order valence-corrected chi connectivity index (χ0v) is 11.4. The predicted octanol–water partition coefficient (Wildman–Crippen LogP) is 2.26. The molecule has 0 radical (unpaired) electrons. The number of pyridine rings is 1. The first-order chi connectivity index (χ1) is 9.34. The highest BCUT2D eigenvalue weighted by molar-refractivity contribution is 7.10. The van der Waals surface area contributed by atoms with Crippen LogP contribution < -0.4 is 5.32 Å². The summed E-state index contributed by atoms with van der Waals surface area (Å²) < 4.78 is 2.15. The van der Waals surface area contributed by atoms with Gasteiger partial charge in [-0.1, -0.05) is 0 Å². The Morgan fingerprint density at radius 3 is 3.26 bits per heavy atom. The lowest BCUT2D eigenvalue weighted by Crippen LogP contribution is -2.31. The van der Waals surface area contributed by atoms with Crippen molar-refractivity contribution in [3.8, 4) is 0 Å². The van der Waals surface area contributed by atoms with Crippen LogP contribution >= 0.6 is 11.3 Å². The topological polar surface area (TPSA) is 42.7 Å². The van der Waals surface area contributed by atoms with Crippen LogP contribution in [0, 0.1) is 0 Å². The van der Waals surface area contributed by atoms with Crippen molar-refractivity contribution in [2.24, 2.45) is 7.05 Å². The standard InChI is InChI=1S/C14H14N4S/c1-18-11-8-15-5-2-10(11)17-14(18)13-9-4-7-19-12(9)3-6-16-13/h2,4-5,7-8,13,16H,3,6H2,1H3. The summed E-state index contributed by atoms with van der Waals surface area (Å²) in [5.74, 6) is 1.07. The summed E-state index contributed by atoms with van der Waals surface area (Å²) in [6.07, 6.45) is 4.79. The van der Waals surface area contributed by atoms with Gasteiger partial charge >= 0.3 is 0 Å². The van der Waals surface area contributed by atoms with Gasteiger partial charge in [0.1, 0.15) is 5.82 Å². The van der Waals surface area contributed by atoms with Gasteiger partial charge in [0.2, 0.25) is 0 Å². The van der Waals surface area contributed by atoms with Crippen molar-refractivity contribution in [3.05, 3.63) is 46.2 Å². The minimum Gasteiger partial charge on any atom is -0.328 e. The third-order valence-corrected chi connectivity index (χ3v) is 4.76. The van der Waals surface area contributed by atoms with Crippen LogP contribution in [0.2, 0.25) is 0 Å². The molecular formula is C14H14N4S. The number of aromatic nitrogens is 3. The van der Waals surface area contributed by atoms with Gasteiger partial charge in [-0.3, -0.25) is 4.98 Å². The van der Waals surface area contributed by atoms with Gasteiger partial charge in [-0.25, -0.2) is 4.98 Å². The molecule has 5 heteroatoms. The molecule has 0 amide bonds. The number of imidazole rings is 1. The molecule has 0 fully saturated rings. The van der Waals surface area contributed by atoms with Gasteiger partial charge in [0, 0.05) is 24.7 Å². The van der Waals surface area contributed by atoms with Crippen molar-refractivity contribution in [1.29, 1.82) is 0 Å². The minimum atomic E-state index is 0.201. The van der Waals surface area contributed by atoms with E-state index in [9.17, 15) is 0 Å². The second kappa shape index (κ2) is 4.15. The zero-order valence-electron chi connectivity index (χ0n) is 10.6. The zero-order chi connectivity index (χ0) is 12.8. The van der Waals surface area contributed by atoms with Crippen LogP contribution in [0.3, 0.4) is 0 Å². The number of thiophene rings is 1. The molecule has 3 aromatic rings. The summed E-state index contributed by atoms with van der Waals surface area (Å²) in [5.41, 5.74) is 3.47. The second-order valence-corrected chi connectivity index (χ2v) is 5.83. The summed E-state index contributed by atoms with van der Waals surface area (Å²) in [6, 6.07) is 4.39. The lowest BCUT2D eigenvalue weighted by Gasteiger charge is -2.23. The number of nitrogens with zero attached hydrogens (tertiary/aromatic N) is 3. The maximum atomic E-state index is 4.78. The van der Waals surface area contributed by atoms with Gasteiger partial charge in [0.05, 0.1) is 23.3 Å². The Morgan fingerprint density at radius 1 is 1.42 bits per heavy atom. The van der Waals surface area contributed by atoms with Crippen molar-refractivity contribution < 1.29 is 0 Å². The first-order valence-corrected chi connectivity index (χ1v) is 7.28. The van der Waals surface area contributed by atoms with Crippen molar-refractivity contribution in [1.82, 2.24) is 19.9 Å². The molecule has 1 aliphatic rings. The quantitative estimate of drug-likeness (QED) is 0.737. The van der Waals surface area contributed by atoms with Crippen LogP contribution in [0.25, 0.3) is 11.0 Å². The van der Waals surface area contributed by atoms with Gasteiger partial charge in [-0.05, 0) is 29.5 Å². The molecule has 3 aromatic heterocycles. The fraction of sp³-hybridized carbons (Fsp3) is 0.286. The van der Waals surface area contributed by atoms with Gasteiger partial charge < -0.3 is 9.88 Å². The smallest absolute Gasteiger partial charge is 0.131 e. The number of nitrogens with one attached hydrogen (secondary N) is 1. The summed E-state index contributed by atoms with van der Waals surface area (Å²) in [5, 5.41) is 5.76. The van der Waals surface area contributed by atoms with E-state index in [1.54, 1.807) is 6.20 Å². The molecule has 4 nitrogen and oxygen atoms in total. The molecule has 1 aliphatic heterocycles. The van der Waals surface area contributed by atoms with E-state index in [1.165, 1.54) is 10.4 Å². The molecule has 1 atom stereocenters. The Hall–Kier alpha value is -1.72. The molecule has 0 saturated heterocycles. The van der Waals surface area contributed by atoms with E-state index in [-0.39, 0.29) is 6.04 Å². The molecule has 0 aromatic carbocycles. The summed E-state index contributed by atoms with van der Waals surface area (Å²) in [7, 11) is 2.06. The Balaban J connectivity index is 1.90. The van der Waals surface area contributed by atoms with Crippen LogP contribution in [0.1, 0.15) is 22.3 Å². The molecule has 0 bridgehead atoms. The van der Waals surface area contributed by atoms with E-state index in [0.29, 0.717) is 0 Å². The molecule has 19 heavy (non-hydrogen) atoms. The fourth-order valence-corrected chi connectivity index (χ4v) is 3.71. The molecule has 0 spiro atoms. The highest BCUT2D eigenvalue weighted by Crippen LogP contribution is 2.32. The molecule has 4 rings (SSSR count). The first kappa shape index (κ1) is 11.1. The maximum absolute atomic E-state index is 4.78. The Kier molecular flexibility index (Phi) is 2.43. The van der Waals surface area contributed by atoms with Crippen LogP contribution in [0.5, 0.6) is 0 Å². The largest absolute Gasteiger partial charge is 0.328 e. The van der Waals surface area contributed by atoms with E-state index in [1.807, 2.05) is 23.6 Å². The number of aryl methyl sites for hydroxylation is 1. The van der Waals surface area contributed by atoms with Gasteiger partial charge in [-0.15, -0.1) is 11.3 Å². The van der Waals surface area contributed by atoms with Crippen LogP contribution in [-0.2, 0) is 13.5 Å². The average Bonchev–Trinajstić information content (AvgIpc) is 3.04. The summed E-state index contributed by atoms with van der Waals surface area (Å²) in [6.45, 7) is 1.01.